The lowest BCUT2D eigenvalue weighted by Crippen LogP contribution is -2.38. The van der Waals surface area contributed by atoms with Crippen molar-refractivity contribution in [1.82, 2.24) is 5.32 Å². The van der Waals surface area contributed by atoms with Crippen molar-refractivity contribution in [2.45, 2.75) is 6.92 Å². The standard InChI is InChI=1S/C12H12Cl2N2O5/c1-2-20-11(18)6-3-7(13)10(8(14)4-6)21-5-9(17)16-12(15)19/h3-4H,2,5H2,1H3,(H3,15,16,17,19). The number of hydrogen-bond acceptors (Lipinski definition) is 5. The van der Waals surface area contributed by atoms with Gasteiger partial charge in [0.2, 0.25) is 0 Å². The molecule has 1 aromatic carbocycles. The van der Waals surface area contributed by atoms with E-state index in [4.69, 9.17) is 38.4 Å². The van der Waals surface area contributed by atoms with Gasteiger partial charge in [-0.15, -0.1) is 0 Å². The van der Waals surface area contributed by atoms with Gasteiger partial charge >= 0.3 is 12.0 Å². The molecular formula is C12H12Cl2N2O5. The fourth-order valence-corrected chi connectivity index (χ4v) is 1.94. The maximum absolute atomic E-state index is 11.6. The molecule has 0 aliphatic heterocycles. The average molecular weight is 335 g/mol. The van der Waals surface area contributed by atoms with Gasteiger partial charge in [0.1, 0.15) is 0 Å². The van der Waals surface area contributed by atoms with Crippen LogP contribution in [0.5, 0.6) is 5.75 Å². The second-order valence-electron chi connectivity index (χ2n) is 3.69. The molecule has 0 atom stereocenters. The Hall–Kier alpha value is -1.99. The maximum Gasteiger partial charge on any atom is 0.338 e. The van der Waals surface area contributed by atoms with Crippen LogP contribution in [0.3, 0.4) is 0 Å². The molecule has 9 heteroatoms. The van der Waals surface area contributed by atoms with Gasteiger partial charge in [0.05, 0.1) is 22.2 Å². The van der Waals surface area contributed by atoms with Crippen molar-refractivity contribution < 1.29 is 23.9 Å². The summed E-state index contributed by atoms with van der Waals surface area (Å²) in [5.41, 5.74) is 4.93. The second kappa shape index (κ2) is 7.70. The van der Waals surface area contributed by atoms with E-state index in [2.05, 4.69) is 0 Å². The number of urea groups is 1. The monoisotopic (exact) mass is 334 g/mol. The first-order valence-corrected chi connectivity index (χ1v) is 6.49. The van der Waals surface area contributed by atoms with Crippen LogP contribution in [-0.2, 0) is 9.53 Å². The van der Waals surface area contributed by atoms with Gasteiger partial charge in [-0.05, 0) is 19.1 Å². The normalized spacial score (nSPS) is 9.86. The van der Waals surface area contributed by atoms with Crippen molar-refractivity contribution >= 4 is 41.1 Å². The average Bonchev–Trinajstić information content (AvgIpc) is 2.36. The van der Waals surface area contributed by atoms with Crippen LogP contribution in [0.1, 0.15) is 17.3 Å². The Bertz CT molecular complexity index is 554. The van der Waals surface area contributed by atoms with Gasteiger partial charge in [-0.25, -0.2) is 9.59 Å². The van der Waals surface area contributed by atoms with Crippen molar-refractivity contribution in [2.24, 2.45) is 5.73 Å². The molecule has 3 amide bonds. The highest BCUT2D eigenvalue weighted by molar-refractivity contribution is 6.37. The fourth-order valence-electron chi connectivity index (χ4n) is 1.34. The molecule has 1 rings (SSSR count). The summed E-state index contributed by atoms with van der Waals surface area (Å²) < 4.78 is 9.90. The van der Waals surface area contributed by atoms with Gasteiger partial charge in [-0.1, -0.05) is 23.2 Å². The van der Waals surface area contributed by atoms with Crippen molar-refractivity contribution in [3.8, 4) is 5.75 Å². The summed E-state index contributed by atoms with van der Waals surface area (Å²) in [6.45, 7) is 1.36. The Morgan fingerprint density at radius 3 is 2.29 bits per heavy atom. The third-order valence-corrected chi connectivity index (χ3v) is 2.68. The lowest BCUT2D eigenvalue weighted by molar-refractivity contribution is -0.121. The Morgan fingerprint density at radius 2 is 1.81 bits per heavy atom. The minimum Gasteiger partial charge on any atom is -0.481 e. The maximum atomic E-state index is 11.6. The van der Waals surface area contributed by atoms with Crippen molar-refractivity contribution in [1.29, 1.82) is 0 Å². The molecule has 0 radical (unpaired) electrons. The molecule has 114 valence electrons. The summed E-state index contributed by atoms with van der Waals surface area (Å²) in [6.07, 6.45) is 0. The highest BCUT2D eigenvalue weighted by Gasteiger charge is 2.16. The number of nitrogens with one attached hydrogen (secondary N) is 1. The molecule has 0 heterocycles. The largest absolute Gasteiger partial charge is 0.481 e. The zero-order valence-electron chi connectivity index (χ0n) is 10.9. The SMILES string of the molecule is CCOC(=O)c1cc(Cl)c(OCC(=O)NC(N)=O)c(Cl)c1. The number of carbonyl (C=O) groups is 3. The zero-order chi connectivity index (χ0) is 16.0. The predicted molar refractivity (Wildman–Crippen MR) is 75.6 cm³/mol. The summed E-state index contributed by atoms with van der Waals surface area (Å²) >= 11 is 11.9. The number of benzene rings is 1. The summed E-state index contributed by atoms with van der Waals surface area (Å²) in [5, 5.41) is 1.86. The third-order valence-electron chi connectivity index (χ3n) is 2.12. The quantitative estimate of drug-likeness (QED) is 0.797. The first kappa shape index (κ1) is 17.1. The molecule has 0 saturated carbocycles. The van der Waals surface area contributed by atoms with Gasteiger partial charge in [-0.3, -0.25) is 10.1 Å². The Balaban J connectivity index is 2.83. The van der Waals surface area contributed by atoms with E-state index in [0.717, 1.165) is 0 Å². The molecule has 21 heavy (non-hydrogen) atoms. The minimum atomic E-state index is -1.00. The number of amides is 3. The van der Waals surface area contributed by atoms with Gasteiger partial charge < -0.3 is 15.2 Å². The van der Waals surface area contributed by atoms with E-state index in [1.165, 1.54) is 12.1 Å². The molecule has 7 nitrogen and oxygen atoms in total. The lowest BCUT2D eigenvalue weighted by Gasteiger charge is -2.11. The van der Waals surface area contributed by atoms with Crippen molar-refractivity contribution in [3.63, 3.8) is 0 Å². The van der Waals surface area contributed by atoms with E-state index < -0.39 is 24.5 Å². The van der Waals surface area contributed by atoms with E-state index in [0.29, 0.717) is 0 Å². The van der Waals surface area contributed by atoms with Crippen molar-refractivity contribution in [3.05, 3.63) is 27.7 Å². The molecule has 3 N–H and O–H groups in total. The summed E-state index contributed by atoms with van der Waals surface area (Å²) in [4.78, 5) is 33.2. The number of nitrogens with two attached hydrogens (primary N) is 1. The van der Waals surface area contributed by atoms with E-state index >= 15 is 0 Å². The molecule has 1 aromatic rings. The van der Waals surface area contributed by atoms with E-state index in [9.17, 15) is 14.4 Å². The topological polar surface area (TPSA) is 108 Å². The van der Waals surface area contributed by atoms with Crippen LogP contribution in [0.4, 0.5) is 4.79 Å². The van der Waals surface area contributed by atoms with Crippen LogP contribution in [0, 0.1) is 0 Å². The van der Waals surface area contributed by atoms with Crippen LogP contribution in [0.2, 0.25) is 10.0 Å². The summed E-state index contributed by atoms with van der Waals surface area (Å²) in [6, 6.07) is 1.60. The molecule has 0 aromatic heterocycles. The Kier molecular flexibility index (Phi) is 6.26. The Morgan fingerprint density at radius 1 is 1.24 bits per heavy atom. The zero-order valence-corrected chi connectivity index (χ0v) is 12.5. The molecule has 0 aliphatic carbocycles. The first-order chi connectivity index (χ1) is 9.85. The number of ether oxygens (including phenoxy) is 2. The van der Waals surface area contributed by atoms with E-state index in [1.807, 2.05) is 5.32 Å². The van der Waals surface area contributed by atoms with E-state index in [-0.39, 0.29) is 28.0 Å². The van der Waals surface area contributed by atoms with Crippen LogP contribution in [0.15, 0.2) is 12.1 Å². The number of halogens is 2. The fraction of sp³-hybridized carbons (Fsp3) is 0.250. The van der Waals surface area contributed by atoms with Gasteiger partial charge in [0.25, 0.3) is 5.91 Å². The van der Waals surface area contributed by atoms with Crippen LogP contribution in [-0.4, -0.2) is 31.1 Å². The highest BCUT2D eigenvalue weighted by atomic mass is 35.5. The number of imide groups is 1. The van der Waals surface area contributed by atoms with Crippen LogP contribution in [0.25, 0.3) is 0 Å². The van der Waals surface area contributed by atoms with Gasteiger partial charge in [0.15, 0.2) is 12.4 Å². The molecule has 0 fully saturated rings. The minimum absolute atomic E-state index is 0.00556. The molecule has 0 bridgehead atoms. The predicted octanol–water partition coefficient (Wildman–Crippen LogP) is 1.74. The van der Waals surface area contributed by atoms with Gasteiger partial charge in [0, 0.05) is 0 Å². The van der Waals surface area contributed by atoms with Crippen LogP contribution < -0.4 is 15.8 Å². The smallest absolute Gasteiger partial charge is 0.338 e. The molecule has 0 spiro atoms. The van der Waals surface area contributed by atoms with E-state index in [1.54, 1.807) is 6.92 Å². The molecular weight excluding hydrogens is 323 g/mol. The summed E-state index contributed by atoms with van der Waals surface area (Å²) in [5.74, 6) is -1.34. The van der Waals surface area contributed by atoms with Gasteiger partial charge in [-0.2, -0.15) is 0 Å². The molecule has 0 aliphatic rings. The molecule has 0 unspecified atom stereocenters. The third kappa shape index (κ3) is 5.13. The first-order valence-electron chi connectivity index (χ1n) is 5.73. The Labute approximate surface area is 130 Å². The highest BCUT2D eigenvalue weighted by Crippen LogP contribution is 2.34. The van der Waals surface area contributed by atoms with Crippen molar-refractivity contribution in [2.75, 3.05) is 13.2 Å². The number of primary amides is 1. The van der Waals surface area contributed by atoms with Crippen LogP contribution >= 0.6 is 23.2 Å². The lowest BCUT2D eigenvalue weighted by atomic mass is 10.2. The summed E-state index contributed by atoms with van der Waals surface area (Å²) in [7, 11) is 0. The number of carbonyl (C=O) groups excluding carboxylic acids is 3. The molecule has 0 saturated heterocycles. The number of rotatable bonds is 5. The number of esters is 1. The second-order valence-corrected chi connectivity index (χ2v) is 4.50. The number of hydrogen-bond donors (Lipinski definition) is 2.